The van der Waals surface area contributed by atoms with E-state index in [2.05, 4.69) is 30.4 Å². The highest BCUT2D eigenvalue weighted by molar-refractivity contribution is 7.11. The molecule has 0 spiro atoms. The van der Waals surface area contributed by atoms with E-state index in [1.54, 1.807) is 16.2 Å². The van der Waals surface area contributed by atoms with Crippen LogP contribution in [0, 0.1) is 0 Å². The quantitative estimate of drug-likeness (QED) is 0.905. The monoisotopic (exact) mass is 330 g/mol. The largest absolute Gasteiger partial charge is 0.394 e. The first-order valence-corrected chi connectivity index (χ1v) is 8.85. The van der Waals surface area contributed by atoms with Gasteiger partial charge >= 0.3 is 6.03 Å². The van der Waals surface area contributed by atoms with Gasteiger partial charge in [0.2, 0.25) is 0 Å². The summed E-state index contributed by atoms with van der Waals surface area (Å²) in [6, 6.07) is 11.9. The van der Waals surface area contributed by atoms with Gasteiger partial charge in [-0.3, -0.25) is 0 Å². The van der Waals surface area contributed by atoms with E-state index < -0.39 is 0 Å². The average molecular weight is 330 g/mol. The topological polar surface area (TPSA) is 52.6 Å². The fourth-order valence-corrected chi connectivity index (χ4v) is 3.96. The van der Waals surface area contributed by atoms with Crippen molar-refractivity contribution in [2.24, 2.45) is 0 Å². The van der Waals surface area contributed by atoms with Gasteiger partial charge in [-0.05, 0) is 36.1 Å². The van der Waals surface area contributed by atoms with Crippen molar-refractivity contribution in [1.29, 1.82) is 0 Å². The smallest absolute Gasteiger partial charge is 0.318 e. The summed E-state index contributed by atoms with van der Waals surface area (Å²) in [6.07, 6.45) is 1.85. The molecule has 2 heterocycles. The SMILES string of the molecule is CCc1ccc(CNC(=O)N2CCc3ccccc3C2CO)s1. The van der Waals surface area contributed by atoms with Crippen molar-refractivity contribution in [2.45, 2.75) is 32.4 Å². The molecule has 23 heavy (non-hydrogen) atoms. The Kier molecular flexibility index (Phi) is 4.98. The third kappa shape index (κ3) is 3.41. The van der Waals surface area contributed by atoms with Gasteiger partial charge in [-0.1, -0.05) is 31.2 Å². The zero-order valence-corrected chi connectivity index (χ0v) is 14.1. The van der Waals surface area contributed by atoms with Crippen molar-refractivity contribution < 1.29 is 9.90 Å². The number of carbonyl (C=O) groups is 1. The predicted octanol–water partition coefficient (Wildman–Crippen LogP) is 3.11. The Morgan fingerprint density at radius 3 is 2.83 bits per heavy atom. The van der Waals surface area contributed by atoms with Gasteiger partial charge in [0, 0.05) is 16.3 Å². The molecule has 1 aliphatic heterocycles. The van der Waals surface area contributed by atoms with Crippen LogP contribution in [0.4, 0.5) is 4.79 Å². The number of urea groups is 1. The van der Waals surface area contributed by atoms with Crippen molar-refractivity contribution >= 4 is 17.4 Å². The number of thiophene rings is 1. The van der Waals surface area contributed by atoms with Crippen LogP contribution in [-0.2, 0) is 19.4 Å². The maximum atomic E-state index is 12.5. The van der Waals surface area contributed by atoms with Crippen LogP contribution in [0.15, 0.2) is 36.4 Å². The molecule has 0 aliphatic carbocycles. The van der Waals surface area contributed by atoms with E-state index in [9.17, 15) is 9.90 Å². The normalized spacial score (nSPS) is 17.0. The van der Waals surface area contributed by atoms with Crippen molar-refractivity contribution in [3.05, 3.63) is 57.3 Å². The highest BCUT2D eigenvalue weighted by atomic mass is 32.1. The van der Waals surface area contributed by atoms with E-state index in [0.717, 1.165) is 23.3 Å². The maximum absolute atomic E-state index is 12.5. The summed E-state index contributed by atoms with van der Waals surface area (Å²) in [7, 11) is 0. The second-order valence-corrected chi connectivity index (χ2v) is 6.97. The molecule has 5 heteroatoms. The van der Waals surface area contributed by atoms with Crippen LogP contribution in [0.1, 0.15) is 33.8 Å². The Bertz CT molecular complexity index is 683. The number of hydrogen-bond acceptors (Lipinski definition) is 3. The number of nitrogens with zero attached hydrogens (tertiary/aromatic N) is 1. The molecule has 0 radical (unpaired) electrons. The minimum Gasteiger partial charge on any atom is -0.394 e. The summed E-state index contributed by atoms with van der Waals surface area (Å²) in [5.74, 6) is 0. The molecular formula is C18H22N2O2S. The van der Waals surface area contributed by atoms with Gasteiger partial charge in [0.05, 0.1) is 19.2 Å². The first-order chi connectivity index (χ1) is 11.2. The molecule has 0 saturated heterocycles. The lowest BCUT2D eigenvalue weighted by Crippen LogP contribution is -2.46. The van der Waals surface area contributed by atoms with Gasteiger partial charge in [0.15, 0.2) is 0 Å². The zero-order valence-electron chi connectivity index (χ0n) is 13.3. The molecule has 1 aromatic heterocycles. The second-order valence-electron chi connectivity index (χ2n) is 5.72. The van der Waals surface area contributed by atoms with Gasteiger partial charge in [-0.15, -0.1) is 11.3 Å². The molecule has 3 rings (SSSR count). The number of aryl methyl sites for hydroxylation is 1. The van der Waals surface area contributed by atoms with Gasteiger partial charge in [-0.2, -0.15) is 0 Å². The van der Waals surface area contributed by atoms with Crippen LogP contribution in [-0.4, -0.2) is 29.2 Å². The molecule has 1 atom stereocenters. The standard InChI is InChI=1S/C18H22N2O2S/c1-2-14-7-8-15(23-14)11-19-18(22)20-10-9-13-5-3-4-6-16(13)17(20)12-21/h3-8,17,21H,2,9-12H2,1H3,(H,19,22). The molecular weight excluding hydrogens is 308 g/mol. The van der Waals surface area contributed by atoms with Crippen molar-refractivity contribution in [3.63, 3.8) is 0 Å². The summed E-state index contributed by atoms with van der Waals surface area (Å²) < 4.78 is 0. The highest BCUT2D eigenvalue weighted by Crippen LogP contribution is 2.29. The lowest BCUT2D eigenvalue weighted by Gasteiger charge is -2.36. The number of aliphatic hydroxyl groups excluding tert-OH is 1. The fourth-order valence-electron chi connectivity index (χ4n) is 3.06. The van der Waals surface area contributed by atoms with Crippen molar-refractivity contribution in [3.8, 4) is 0 Å². The summed E-state index contributed by atoms with van der Waals surface area (Å²) in [6.45, 7) is 3.26. The number of aliphatic hydroxyl groups is 1. The van der Waals surface area contributed by atoms with Crippen molar-refractivity contribution in [2.75, 3.05) is 13.2 Å². The molecule has 2 amide bonds. The number of amides is 2. The molecule has 0 saturated carbocycles. The molecule has 2 N–H and O–H groups in total. The van der Waals surface area contributed by atoms with Gasteiger partial charge in [0.1, 0.15) is 0 Å². The van der Waals surface area contributed by atoms with Crippen molar-refractivity contribution in [1.82, 2.24) is 10.2 Å². The number of rotatable bonds is 4. The molecule has 1 aliphatic rings. The van der Waals surface area contributed by atoms with E-state index in [1.165, 1.54) is 10.4 Å². The van der Waals surface area contributed by atoms with E-state index in [-0.39, 0.29) is 18.7 Å². The van der Waals surface area contributed by atoms with E-state index in [4.69, 9.17) is 0 Å². The van der Waals surface area contributed by atoms with Gasteiger partial charge in [-0.25, -0.2) is 4.79 Å². The Morgan fingerprint density at radius 2 is 2.09 bits per heavy atom. The average Bonchev–Trinajstić information content (AvgIpc) is 3.06. The number of benzene rings is 1. The fraction of sp³-hybridized carbons (Fsp3) is 0.389. The van der Waals surface area contributed by atoms with Crippen LogP contribution in [0.2, 0.25) is 0 Å². The highest BCUT2D eigenvalue weighted by Gasteiger charge is 2.29. The lowest BCUT2D eigenvalue weighted by atomic mass is 9.93. The first kappa shape index (κ1) is 16.0. The van der Waals surface area contributed by atoms with Crippen LogP contribution >= 0.6 is 11.3 Å². The molecule has 1 aromatic carbocycles. The summed E-state index contributed by atoms with van der Waals surface area (Å²) in [4.78, 5) is 16.8. The number of carbonyl (C=O) groups excluding carboxylic acids is 1. The minimum absolute atomic E-state index is 0.0522. The lowest BCUT2D eigenvalue weighted by molar-refractivity contribution is 0.127. The Balaban J connectivity index is 1.67. The van der Waals surface area contributed by atoms with Gasteiger partial charge < -0.3 is 15.3 Å². The van der Waals surface area contributed by atoms with Crippen LogP contribution < -0.4 is 5.32 Å². The van der Waals surface area contributed by atoms with Crippen LogP contribution in [0.3, 0.4) is 0 Å². The van der Waals surface area contributed by atoms with E-state index >= 15 is 0 Å². The predicted molar refractivity (Wildman–Crippen MR) is 92.6 cm³/mol. The Morgan fingerprint density at radius 1 is 1.30 bits per heavy atom. The Hall–Kier alpha value is -1.85. The maximum Gasteiger partial charge on any atom is 0.318 e. The number of hydrogen-bond donors (Lipinski definition) is 2. The Labute approximate surface area is 140 Å². The molecule has 0 bridgehead atoms. The van der Waals surface area contributed by atoms with Crippen LogP contribution in [0.25, 0.3) is 0 Å². The van der Waals surface area contributed by atoms with E-state index in [1.807, 2.05) is 18.2 Å². The third-order valence-electron chi connectivity index (χ3n) is 4.33. The molecule has 0 fully saturated rings. The molecule has 4 nitrogen and oxygen atoms in total. The van der Waals surface area contributed by atoms with Gasteiger partial charge in [0.25, 0.3) is 0 Å². The van der Waals surface area contributed by atoms with E-state index in [0.29, 0.717) is 13.1 Å². The van der Waals surface area contributed by atoms with Crippen LogP contribution in [0.5, 0.6) is 0 Å². The minimum atomic E-state index is -0.255. The second kappa shape index (κ2) is 7.15. The molecule has 2 aromatic rings. The molecule has 1 unspecified atom stereocenters. The number of nitrogens with one attached hydrogen (secondary N) is 1. The third-order valence-corrected chi connectivity index (χ3v) is 5.56. The summed E-state index contributed by atoms with van der Waals surface area (Å²) in [5.41, 5.74) is 2.28. The summed E-state index contributed by atoms with van der Waals surface area (Å²) in [5, 5.41) is 12.7. The molecule has 122 valence electrons. The first-order valence-electron chi connectivity index (χ1n) is 8.03. The number of fused-ring (bicyclic) bond motifs is 1. The zero-order chi connectivity index (χ0) is 16.2. The summed E-state index contributed by atoms with van der Waals surface area (Å²) >= 11 is 1.73.